The highest BCUT2D eigenvalue weighted by atomic mass is 32.2. The maximum atomic E-state index is 12.5. The van der Waals surface area contributed by atoms with Crippen molar-refractivity contribution in [3.8, 4) is 0 Å². The zero-order valence-electron chi connectivity index (χ0n) is 14.5. The molecule has 26 heavy (non-hydrogen) atoms. The summed E-state index contributed by atoms with van der Waals surface area (Å²) in [4.78, 5) is 12.4. The molecule has 140 valence electrons. The molecule has 1 heterocycles. The lowest BCUT2D eigenvalue weighted by molar-refractivity contribution is -0.115. The third-order valence-electron chi connectivity index (χ3n) is 4.09. The summed E-state index contributed by atoms with van der Waals surface area (Å²) in [6, 6.07) is 5.86. The number of hydrogen-bond donors (Lipinski definition) is 2. The summed E-state index contributed by atoms with van der Waals surface area (Å²) in [5.74, 6) is 1.23. The van der Waals surface area contributed by atoms with Crippen LogP contribution >= 0.6 is 11.8 Å². The number of carbonyl (C=O) groups is 1. The summed E-state index contributed by atoms with van der Waals surface area (Å²) in [7, 11) is -3.82. The lowest BCUT2D eigenvalue weighted by Gasteiger charge is -2.13. The second kappa shape index (κ2) is 7.37. The van der Waals surface area contributed by atoms with Crippen molar-refractivity contribution in [1.29, 1.82) is 0 Å². The van der Waals surface area contributed by atoms with Gasteiger partial charge in [0, 0.05) is 18.2 Å². The van der Waals surface area contributed by atoms with Gasteiger partial charge in [-0.05, 0) is 44.9 Å². The Bertz CT molecular complexity index is 922. The Kier molecular flexibility index (Phi) is 5.35. The molecular formula is C16H21N5O3S2. The number of hydrogen-bond acceptors (Lipinski definition) is 6. The largest absolute Gasteiger partial charge is 0.325 e. The van der Waals surface area contributed by atoms with E-state index >= 15 is 0 Å². The highest BCUT2D eigenvalue weighted by Gasteiger charge is 2.30. The first-order valence-electron chi connectivity index (χ1n) is 8.33. The van der Waals surface area contributed by atoms with Gasteiger partial charge in [-0.3, -0.25) is 4.79 Å². The summed E-state index contributed by atoms with van der Waals surface area (Å²) in [6.45, 7) is 4.56. The molecule has 1 aromatic carbocycles. The van der Waals surface area contributed by atoms with Gasteiger partial charge >= 0.3 is 0 Å². The molecule has 0 aliphatic heterocycles. The smallest absolute Gasteiger partial charge is 0.238 e. The molecule has 3 rings (SSSR count). The van der Waals surface area contributed by atoms with Crippen molar-refractivity contribution < 1.29 is 13.2 Å². The summed E-state index contributed by atoms with van der Waals surface area (Å²) in [5, 5.41) is 16.6. The zero-order chi connectivity index (χ0) is 18.9. The average molecular weight is 396 g/mol. The second-order valence-electron chi connectivity index (χ2n) is 6.18. The predicted octanol–water partition coefficient (Wildman–Crippen LogP) is 1.94. The van der Waals surface area contributed by atoms with Crippen LogP contribution in [0, 0.1) is 0 Å². The first-order valence-corrected chi connectivity index (χ1v) is 10.8. The highest BCUT2D eigenvalue weighted by molar-refractivity contribution is 8.00. The zero-order valence-corrected chi connectivity index (χ0v) is 16.2. The summed E-state index contributed by atoms with van der Waals surface area (Å²) >= 11 is 1.33. The number of benzene rings is 1. The summed E-state index contributed by atoms with van der Waals surface area (Å²) < 4.78 is 24.9. The topological polar surface area (TPSA) is 120 Å². The Morgan fingerprint density at radius 2 is 2.15 bits per heavy atom. The number of sulfonamides is 1. The van der Waals surface area contributed by atoms with E-state index in [2.05, 4.69) is 15.5 Å². The first kappa shape index (κ1) is 18.9. The van der Waals surface area contributed by atoms with Gasteiger partial charge in [-0.25, -0.2) is 13.6 Å². The first-order chi connectivity index (χ1) is 12.3. The van der Waals surface area contributed by atoms with Gasteiger partial charge in [0.05, 0.1) is 10.1 Å². The molecule has 0 spiro atoms. The van der Waals surface area contributed by atoms with E-state index in [9.17, 15) is 13.2 Å². The lowest BCUT2D eigenvalue weighted by atomic mass is 10.3. The van der Waals surface area contributed by atoms with Crippen molar-refractivity contribution in [1.82, 2.24) is 14.8 Å². The number of rotatable bonds is 7. The molecule has 0 radical (unpaired) electrons. The molecule has 8 nitrogen and oxygen atoms in total. The van der Waals surface area contributed by atoms with Crippen LogP contribution in [-0.2, 0) is 21.4 Å². The van der Waals surface area contributed by atoms with Crippen LogP contribution in [0.15, 0.2) is 34.3 Å². The minimum Gasteiger partial charge on any atom is -0.325 e. The van der Waals surface area contributed by atoms with Gasteiger partial charge in [0.25, 0.3) is 0 Å². The molecule has 0 saturated heterocycles. The van der Waals surface area contributed by atoms with Gasteiger partial charge in [-0.15, -0.1) is 10.2 Å². The molecule has 1 unspecified atom stereocenters. The van der Waals surface area contributed by atoms with Crippen LogP contribution in [0.2, 0.25) is 0 Å². The third kappa shape index (κ3) is 4.25. The van der Waals surface area contributed by atoms with Crippen molar-refractivity contribution in [3.05, 3.63) is 30.1 Å². The van der Waals surface area contributed by atoms with E-state index in [4.69, 9.17) is 5.14 Å². The molecule has 2 aromatic rings. The van der Waals surface area contributed by atoms with Crippen LogP contribution in [0.5, 0.6) is 0 Å². The molecule has 1 saturated carbocycles. The van der Waals surface area contributed by atoms with Crippen molar-refractivity contribution in [3.63, 3.8) is 0 Å². The van der Waals surface area contributed by atoms with Crippen LogP contribution in [-0.4, -0.2) is 34.3 Å². The number of primary sulfonamides is 1. The standard InChI is InChI=1S/C16H21N5O3S2/c1-3-21-14(11-7-8-11)19-20-16(21)25-10(2)15(22)18-12-5-4-6-13(9-12)26(17,23)24/h4-6,9-11H,3,7-8H2,1-2H3,(H,18,22)(H2,17,23,24). The SMILES string of the molecule is CCn1c(SC(C)C(=O)Nc2cccc(S(N)(=O)=O)c2)nnc1C1CC1. The summed E-state index contributed by atoms with van der Waals surface area (Å²) in [6.07, 6.45) is 2.28. The fraction of sp³-hybridized carbons (Fsp3) is 0.438. The number of nitrogens with two attached hydrogens (primary N) is 1. The van der Waals surface area contributed by atoms with Crippen molar-refractivity contribution in [2.45, 2.75) is 54.5 Å². The van der Waals surface area contributed by atoms with E-state index in [1.807, 2.05) is 11.5 Å². The number of amides is 1. The molecule has 1 atom stereocenters. The van der Waals surface area contributed by atoms with Crippen LogP contribution in [0.25, 0.3) is 0 Å². The monoisotopic (exact) mass is 395 g/mol. The Labute approximate surface area is 156 Å². The van der Waals surface area contributed by atoms with E-state index in [1.54, 1.807) is 13.0 Å². The normalized spacial score (nSPS) is 15.7. The number of carbonyl (C=O) groups excluding carboxylic acids is 1. The second-order valence-corrected chi connectivity index (χ2v) is 9.05. The molecule has 3 N–H and O–H groups in total. The van der Waals surface area contributed by atoms with Gasteiger partial charge in [0.1, 0.15) is 5.82 Å². The van der Waals surface area contributed by atoms with Crippen molar-refractivity contribution >= 4 is 33.4 Å². The average Bonchev–Trinajstić information content (AvgIpc) is 3.35. The fourth-order valence-electron chi connectivity index (χ4n) is 2.53. The van der Waals surface area contributed by atoms with Crippen molar-refractivity contribution in [2.24, 2.45) is 5.14 Å². The molecule has 1 aromatic heterocycles. The third-order valence-corrected chi connectivity index (χ3v) is 6.08. The maximum absolute atomic E-state index is 12.5. The van der Waals surface area contributed by atoms with E-state index in [1.165, 1.54) is 30.0 Å². The number of thioether (sulfide) groups is 1. The van der Waals surface area contributed by atoms with Gasteiger partial charge < -0.3 is 9.88 Å². The van der Waals surface area contributed by atoms with Gasteiger partial charge in [-0.2, -0.15) is 0 Å². The molecule has 0 bridgehead atoms. The lowest BCUT2D eigenvalue weighted by Crippen LogP contribution is -2.23. The highest BCUT2D eigenvalue weighted by Crippen LogP contribution is 2.40. The molecule has 10 heteroatoms. The number of nitrogens with one attached hydrogen (secondary N) is 1. The van der Waals surface area contributed by atoms with Crippen LogP contribution < -0.4 is 10.5 Å². The van der Waals surface area contributed by atoms with E-state index in [-0.39, 0.29) is 10.8 Å². The molecule has 1 aliphatic rings. The van der Waals surface area contributed by atoms with E-state index in [0.29, 0.717) is 11.6 Å². The number of anilines is 1. The quantitative estimate of drug-likeness (QED) is 0.691. The maximum Gasteiger partial charge on any atom is 0.238 e. The van der Waals surface area contributed by atoms with Crippen LogP contribution in [0.1, 0.15) is 38.4 Å². The van der Waals surface area contributed by atoms with Gasteiger partial charge in [0.15, 0.2) is 5.16 Å². The van der Waals surface area contributed by atoms with Gasteiger partial charge in [0.2, 0.25) is 15.9 Å². The van der Waals surface area contributed by atoms with Crippen LogP contribution in [0.3, 0.4) is 0 Å². The van der Waals surface area contributed by atoms with Crippen LogP contribution in [0.4, 0.5) is 5.69 Å². The van der Waals surface area contributed by atoms with E-state index < -0.39 is 15.3 Å². The molecule has 1 amide bonds. The molecule has 1 fully saturated rings. The summed E-state index contributed by atoms with van der Waals surface area (Å²) in [5.41, 5.74) is 0.379. The fourth-order valence-corrected chi connectivity index (χ4v) is 4.01. The minimum atomic E-state index is -3.82. The van der Waals surface area contributed by atoms with Crippen molar-refractivity contribution in [2.75, 3.05) is 5.32 Å². The Balaban J connectivity index is 1.69. The van der Waals surface area contributed by atoms with Gasteiger partial charge in [-0.1, -0.05) is 17.8 Å². The van der Waals surface area contributed by atoms with E-state index in [0.717, 1.165) is 30.4 Å². The Hall–Kier alpha value is -1.91. The predicted molar refractivity (Wildman–Crippen MR) is 99.4 cm³/mol. The Morgan fingerprint density at radius 3 is 2.77 bits per heavy atom. The molecular weight excluding hydrogens is 374 g/mol. The number of nitrogens with zero attached hydrogens (tertiary/aromatic N) is 3. The number of aromatic nitrogens is 3. The minimum absolute atomic E-state index is 0.0459. The Morgan fingerprint density at radius 1 is 1.42 bits per heavy atom. The molecule has 1 aliphatic carbocycles.